The molecule has 8 heteroatoms. The Balaban J connectivity index is 2.39. The molecule has 0 saturated carbocycles. The van der Waals surface area contributed by atoms with Gasteiger partial charge < -0.3 is 41.8 Å². The highest BCUT2D eigenvalue weighted by Crippen LogP contribution is 2.13. The van der Waals surface area contributed by atoms with Gasteiger partial charge in [0, 0.05) is 32.7 Å². The highest BCUT2D eigenvalue weighted by Gasteiger charge is 2.26. The lowest BCUT2D eigenvalue weighted by Gasteiger charge is -2.29. The predicted molar refractivity (Wildman–Crippen MR) is 107 cm³/mol. The fraction of sp³-hybridized carbons (Fsp3) is 0.684. The fourth-order valence-corrected chi connectivity index (χ4v) is 2.60. The van der Waals surface area contributed by atoms with Crippen LogP contribution in [0.25, 0.3) is 0 Å². The molecule has 0 aliphatic rings. The third kappa shape index (κ3) is 10.0. The zero-order valence-electron chi connectivity index (χ0n) is 16.4. The van der Waals surface area contributed by atoms with Gasteiger partial charge in [-0.3, -0.25) is 0 Å². The lowest BCUT2D eigenvalue weighted by molar-refractivity contribution is -0.0326. The monoisotopic (exact) mass is 384 g/mol. The van der Waals surface area contributed by atoms with E-state index < -0.39 is 18.2 Å². The normalized spacial score (nSPS) is 15.9. The minimum Gasteiger partial charge on any atom is -0.488 e. The van der Waals surface area contributed by atoms with Crippen molar-refractivity contribution >= 4 is 0 Å². The Kier molecular flexibility index (Phi) is 12.2. The first-order valence-electron chi connectivity index (χ1n) is 9.49. The predicted octanol–water partition coefficient (Wildman–Crippen LogP) is -1.03. The zero-order valence-corrected chi connectivity index (χ0v) is 16.4. The molecule has 0 aliphatic carbocycles. The number of nitrogens with two attached hydrogens (primary N) is 2. The summed E-state index contributed by atoms with van der Waals surface area (Å²) in [6.07, 6.45) is -1.83. The van der Waals surface area contributed by atoms with Gasteiger partial charge in [-0.2, -0.15) is 0 Å². The van der Waals surface area contributed by atoms with Crippen LogP contribution in [0.2, 0.25) is 0 Å². The molecule has 0 heterocycles. The minimum absolute atomic E-state index is 0.0811. The lowest BCUT2D eigenvalue weighted by Crippen LogP contribution is -2.54. The topological polar surface area (TPSA) is 135 Å². The van der Waals surface area contributed by atoms with Crippen molar-refractivity contribution in [3.8, 4) is 5.75 Å². The van der Waals surface area contributed by atoms with Crippen LogP contribution in [-0.4, -0.2) is 80.5 Å². The second-order valence-electron chi connectivity index (χ2n) is 6.68. The Morgan fingerprint density at radius 2 is 1.67 bits per heavy atom. The van der Waals surface area contributed by atoms with Crippen LogP contribution in [0.1, 0.15) is 12.5 Å². The molecule has 0 spiro atoms. The first-order valence-corrected chi connectivity index (χ1v) is 9.49. The summed E-state index contributed by atoms with van der Waals surface area (Å²) in [6.45, 7) is 6.64. The Morgan fingerprint density at radius 1 is 1.00 bits per heavy atom. The second kappa shape index (κ2) is 13.8. The van der Waals surface area contributed by atoms with Crippen molar-refractivity contribution in [3.05, 3.63) is 29.8 Å². The van der Waals surface area contributed by atoms with Gasteiger partial charge in [-0.15, -0.1) is 0 Å². The van der Waals surface area contributed by atoms with E-state index in [1.165, 1.54) is 5.56 Å². The van der Waals surface area contributed by atoms with Crippen molar-refractivity contribution in [2.24, 2.45) is 11.5 Å². The molecule has 8 N–H and O–H groups in total. The molecule has 27 heavy (non-hydrogen) atoms. The molecule has 0 bridgehead atoms. The van der Waals surface area contributed by atoms with E-state index in [-0.39, 0.29) is 12.7 Å². The van der Waals surface area contributed by atoms with Crippen molar-refractivity contribution in [1.29, 1.82) is 0 Å². The summed E-state index contributed by atoms with van der Waals surface area (Å²) < 4.78 is 11.4. The molecule has 4 unspecified atom stereocenters. The van der Waals surface area contributed by atoms with E-state index in [0.29, 0.717) is 39.3 Å². The first kappa shape index (κ1) is 23.8. The van der Waals surface area contributed by atoms with Crippen LogP contribution in [0.5, 0.6) is 5.75 Å². The van der Waals surface area contributed by atoms with E-state index >= 15 is 0 Å². The fourth-order valence-electron chi connectivity index (χ4n) is 2.60. The third-order valence-corrected chi connectivity index (χ3v) is 4.03. The number of benzene rings is 1. The molecule has 0 aromatic heterocycles. The number of aliphatic hydroxyl groups is 2. The molecule has 0 amide bonds. The highest BCUT2D eigenvalue weighted by atomic mass is 16.5. The van der Waals surface area contributed by atoms with Gasteiger partial charge in [-0.25, -0.2) is 0 Å². The molecule has 0 saturated heterocycles. The van der Waals surface area contributed by atoms with Crippen LogP contribution in [0.4, 0.5) is 0 Å². The average Bonchev–Trinajstić information content (AvgIpc) is 2.64. The molecule has 156 valence electrons. The smallest absolute Gasteiger partial charge is 0.119 e. The number of aliphatic hydroxyl groups excluding tert-OH is 2. The van der Waals surface area contributed by atoms with Gasteiger partial charge in [0.25, 0.3) is 0 Å². The summed E-state index contributed by atoms with van der Waals surface area (Å²) in [6, 6.07) is 7.25. The van der Waals surface area contributed by atoms with Crippen molar-refractivity contribution in [2.75, 3.05) is 45.9 Å². The number of nitrogens with one attached hydrogen (secondary N) is 2. The molecule has 8 nitrogen and oxygen atoms in total. The Bertz CT molecular complexity index is 489. The largest absolute Gasteiger partial charge is 0.488 e. The molecule has 1 rings (SSSR count). The van der Waals surface area contributed by atoms with Crippen LogP contribution < -0.4 is 26.8 Å². The summed E-state index contributed by atoms with van der Waals surface area (Å²) in [5.41, 5.74) is 12.1. The van der Waals surface area contributed by atoms with Gasteiger partial charge in [-0.1, -0.05) is 17.7 Å². The maximum absolute atomic E-state index is 10.4. The van der Waals surface area contributed by atoms with Crippen LogP contribution in [-0.2, 0) is 4.74 Å². The van der Waals surface area contributed by atoms with Crippen molar-refractivity contribution in [1.82, 2.24) is 10.6 Å². The van der Waals surface area contributed by atoms with Crippen molar-refractivity contribution in [3.63, 3.8) is 0 Å². The molecule has 0 fully saturated rings. The quantitative estimate of drug-likeness (QED) is 0.211. The summed E-state index contributed by atoms with van der Waals surface area (Å²) in [7, 11) is 0. The van der Waals surface area contributed by atoms with E-state index in [9.17, 15) is 10.2 Å². The summed E-state index contributed by atoms with van der Waals surface area (Å²) in [5, 5.41) is 26.8. The van der Waals surface area contributed by atoms with Crippen LogP contribution >= 0.6 is 0 Å². The van der Waals surface area contributed by atoms with E-state index in [2.05, 4.69) is 10.6 Å². The molecular formula is C19H36N4O4. The lowest BCUT2D eigenvalue weighted by atomic mass is 10.0. The Hall–Kier alpha value is -1.26. The van der Waals surface area contributed by atoms with Gasteiger partial charge in [-0.05, 0) is 26.0 Å². The SMILES string of the molecule is Cc1ccc(OC(C)COCC(O)C(NCCN)C(O)CNCCN)cc1. The Labute approximate surface area is 162 Å². The third-order valence-electron chi connectivity index (χ3n) is 4.03. The Morgan fingerprint density at radius 3 is 2.30 bits per heavy atom. The number of aryl methyl sites for hydroxylation is 1. The molecule has 4 atom stereocenters. The highest BCUT2D eigenvalue weighted by molar-refractivity contribution is 5.26. The van der Waals surface area contributed by atoms with Gasteiger partial charge in [0.05, 0.1) is 31.5 Å². The first-order chi connectivity index (χ1) is 13.0. The van der Waals surface area contributed by atoms with Crippen LogP contribution in [0, 0.1) is 6.92 Å². The van der Waals surface area contributed by atoms with E-state index in [1.807, 2.05) is 38.1 Å². The maximum atomic E-state index is 10.4. The molecule has 1 aromatic carbocycles. The zero-order chi connectivity index (χ0) is 20.1. The van der Waals surface area contributed by atoms with Gasteiger partial charge in [0.2, 0.25) is 0 Å². The molecule has 0 radical (unpaired) electrons. The van der Waals surface area contributed by atoms with Gasteiger partial charge in [0.15, 0.2) is 0 Å². The second-order valence-corrected chi connectivity index (χ2v) is 6.68. The summed E-state index contributed by atoms with van der Waals surface area (Å²) in [5.74, 6) is 0.779. The number of hydrogen-bond acceptors (Lipinski definition) is 8. The van der Waals surface area contributed by atoms with Crippen LogP contribution in [0.15, 0.2) is 24.3 Å². The van der Waals surface area contributed by atoms with Crippen molar-refractivity contribution in [2.45, 2.75) is 38.2 Å². The van der Waals surface area contributed by atoms with E-state index in [0.717, 1.165) is 5.75 Å². The summed E-state index contributed by atoms with van der Waals surface area (Å²) in [4.78, 5) is 0. The minimum atomic E-state index is -0.877. The molecular weight excluding hydrogens is 348 g/mol. The van der Waals surface area contributed by atoms with Gasteiger partial charge in [0.1, 0.15) is 11.9 Å². The molecule has 1 aromatic rings. The molecule has 0 aliphatic heterocycles. The van der Waals surface area contributed by atoms with Crippen molar-refractivity contribution < 1.29 is 19.7 Å². The number of ether oxygens (including phenoxy) is 2. The summed E-state index contributed by atoms with van der Waals surface area (Å²) >= 11 is 0. The average molecular weight is 385 g/mol. The van der Waals surface area contributed by atoms with E-state index in [4.69, 9.17) is 20.9 Å². The standard InChI is InChI=1S/C19H36N4O4/c1-14-3-5-16(6-4-14)27-15(2)12-26-13-18(25)19(23-10-8-21)17(24)11-22-9-7-20/h3-6,15,17-19,22-25H,7-13,20-21H2,1-2H3. The maximum Gasteiger partial charge on any atom is 0.119 e. The van der Waals surface area contributed by atoms with E-state index in [1.54, 1.807) is 0 Å². The number of hydrogen-bond donors (Lipinski definition) is 6. The van der Waals surface area contributed by atoms with Crippen LogP contribution in [0.3, 0.4) is 0 Å². The van der Waals surface area contributed by atoms with Gasteiger partial charge >= 0.3 is 0 Å². The number of rotatable bonds is 15.